The van der Waals surface area contributed by atoms with Crippen molar-refractivity contribution in [2.24, 2.45) is 0 Å². The summed E-state index contributed by atoms with van der Waals surface area (Å²) < 4.78 is 67.2. The van der Waals surface area contributed by atoms with Gasteiger partial charge in [0.25, 0.3) is 0 Å². The zero-order valence-corrected chi connectivity index (χ0v) is 8.68. The quantitative estimate of drug-likeness (QED) is 0.842. The van der Waals surface area contributed by atoms with Gasteiger partial charge in [-0.2, -0.15) is 17.6 Å². The normalized spacial score (nSPS) is 13.6. The first-order chi connectivity index (χ1) is 7.77. The average molecular weight is 256 g/mol. The van der Waals surface area contributed by atoms with Crippen molar-refractivity contribution in [3.8, 4) is 5.75 Å². The summed E-state index contributed by atoms with van der Waals surface area (Å²) in [4.78, 5) is 0. The molecule has 0 radical (unpaired) electrons. The highest BCUT2D eigenvalue weighted by molar-refractivity contribution is 5.33. The Morgan fingerprint density at radius 1 is 1.29 bits per heavy atom. The first-order valence-electron chi connectivity index (χ1n) is 4.64. The van der Waals surface area contributed by atoms with Crippen LogP contribution in [0.25, 0.3) is 0 Å². The van der Waals surface area contributed by atoms with E-state index in [4.69, 9.17) is 5.11 Å². The molecule has 1 aromatic rings. The highest BCUT2D eigenvalue weighted by Gasteiger charge is 2.40. The van der Waals surface area contributed by atoms with Gasteiger partial charge in [0.05, 0.1) is 6.61 Å². The van der Waals surface area contributed by atoms with E-state index in [0.717, 1.165) is 0 Å². The number of aliphatic hydroxyl groups excluding tert-OH is 1. The monoisotopic (exact) mass is 256 g/mol. The summed E-state index contributed by atoms with van der Waals surface area (Å²) in [6, 6.07) is 0.913. The van der Waals surface area contributed by atoms with E-state index in [1.54, 1.807) is 0 Å². The second-order valence-electron chi connectivity index (χ2n) is 3.19. The fourth-order valence-electron chi connectivity index (χ4n) is 1.19. The second kappa shape index (κ2) is 4.87. The summed E-state index contributed by atoms with van der Waals surface area (Å²) in [5.74, 6) is -3.55. The van der Waals surface area contributed by atoms with E-state index in [2.05, 4.69) is 4.74 Å². The molecular weight excluding hydrogens is 247 g/mol. The molecule has 0 saturated heterocycles. The van der Waals surface area contributed by atoms with Gasteiger partial charge in [0.15, 0.2) is 17.7 Å². The van der Waals surface area contributed by atoms with Gasteiger partial charge < -0.3 is 9.84 Å². The van der Waals surface area contributed by atoms with Crippen molar-refractivity contribution in [1.82, 2.24) is 0 Å². The van der Waals surface area contributed by atoms with Gasteiger partial charge in [-0.15, -0.1) is 0 Å². The minimum atomic E-state index is -4.95. The molecule has 0 amide bonds. The summed E-state index contributed by atoms with van der Waals surface area (Å²) >= 11 is 0. The number of hydrogen-bond donors (Lipinski definition) is 1. The molecular formula is C10H9F5O2. The first kappa shape index (κ1) is 13.7. The van der Waals surface area contributed by atoms with E-state index in [1.807, 2.05) is 0 Å². The van der Waals surface area contributed by atoms with Gasteiger partial charge in [0, 0.05) is 0 Å². The van der Waals surface area contributed by atoms with Crippen LogP contribution in [-0.4, -0.2) is 17.9 Å². The minimum Gasteiger partial charge on any atom is -0.491 e. The van der Waals surface area contributed by atoms with E-state index < -0.39 is 35.2 Å². The maximum Gasteiger partial charge on any atom is 0.418 e. The van der Waals surface area contributed by atoms with Gasteiger partial charge in [-0.25, -0.2) is 4.39 Å². The number of benzene rings is 1. The molecule has 0 saturated carbocycles. The van der Waals surface area contributed by atoms with Crippen molar-refractivity contribution in [2.75, 3.05) is 6.61 Å². The largest absolute Gasteiger partial charge is 0.491 e. The van der Waals surface area contributed by atoms with Crippen LogP contribution in [0, 0.1) is 11.6 Å². The van der Waals surface area contributed by atoms with Crippen LogP contribution in [0.15, 0.2) is 12.1 Å². The van der Waals surface area contributed by atoms with Crippen LogP contribution in [0.5, 0.6) is 5.75 Å². The third kappa shape index (κ3) is 3.06. The number of ether oxygens (including phenoxy) is 1. The van der Waals surface area contributed by atoms with Crippen LogP contribution in [0.1, 0.15) is 18.6 Å². The average Bonchev–Trinajstić information content (AvgIpc) is 2.22. The molecule has 7 heteroatoms. The summed E-state index contributed by atoms with van der Waals surface area (Å²) in [7, 11) is 0. The molecule has 0 fully saturated rings. The maximum atomic E-state index is 13.1. The predicted octanol–water partition coefficient (Wildman–Crippen LogP) is 2.96. The lowest BCUT2D eigenvalue weighted by Gasteiger charge is -2.16. The SMILES string of the molecule is CCOc1cc(C(O)C(F)(F)F)cc(F)c1F. The third-order valence-corrected chi connectivity index (χ3v) is 1.94. The van der Waals surface area contributed by atoms with Crippen molar-refractivity contribution in [2.45, 2.75) is 19.2 Å². The van der Waals surface area contributed by atoms with E-state index in [9.17, 15) is 22.0 Å². The van der Waals surface area contributed by atoms with Gasteiger partial charge in [-0.1, -0.05) is 0 Å². The van der Waals surface area contributed by atoms with Gasteiger partial charge in [0.2, 0.25) is 5.82 Å². The Bertz CT molecular complexity index is 402. The van der Waals surface area contributed by atoms with Crippen molar-refractivity contribution in [3.05, 3.63) is 29.3 Å². The molecule has 0 aliphatic carbocycles. The number of halogens is 5. The van der Waals surface area contributed by atoms with Gasteiger partial charge in [0.1, 0.15) is 0 Å². The molecule has 17 heavy (non-hydrogen) atoms. The van der Waals surface area contributed by atoms with Crippen LogP contribution < -0.4 is 4.74 Å². The highest BCUT2D eigenvalue weighted by Crippen LogP contribution is 2.35. The Balaban J connectivity index is 3.18. The summed E-state index contributed by atoms with van der Waals surface area (Å²) in [6.45, 7) is 1.42. The molecule has 0 bridgehead atoms. The smallest absolute Gasteiger partial charge is 0.418 e. The molecule has 1 unspecified atom stereocenters. The second-order valence-corrected chi connectivity index (χ2v) is 3.19. The fourth-order valence-corrected chi connectivity index (χ4v) is 1.19. The van der Waals surface area contributed by atoms with Gasteiger partial charge in [-0.05, 0) is 24.6 Å². The zero-order valence-electron chi connectivity index (χ0n) is 8.68. The number of alkyl halides is 3. The van der Waals surface area contributed by atoms with E-state index in [1.165, 1.54) is 6.92 Å². The zero-order chi connectivity index (χ0) is 13.2. The molecule has 0 aliphatic heterocycles. The molecule has 0 aliphatic rings. The lowest BCUT2D eigenvalue weighted by atomic mass is 10.1. The van der Waals surface area contributed by atoms with Crippen LogP contribution in [-0.2, 0) is 0 Å². The van der Waals surface area contributed by atoms with Crippen molar-refractivity contribution in [1.29, 1.82) is 0 Å². The summed E-state index contributed by atoms with van der Waals surface area (Å²) in [6.07, 6.45) is -7.83. The molecule has 1 aromatic carbocycles. The number of rotatable bonds is 3. The Morgan fingerprint density at radius 2 is 1.88 bits per heavy atom. The van der Waals surface area contributed by atoms with Gasteiger partial charge in [-0.3, -0.25) is 0 Å². The van der Waals surface area contributed by atoms with Crippen molar-refractivity contribution < 1.29 is 31.8 Å². The molecule has 1 rings (SSSR count). The molecule has 2 nitrogen and oxygen atoms in total. The maximum absolute atomic E-state index is 13.1. The Kier molecular flexibility index (Phi) is 3.92. The summed E-state index contributed by atoms with van der Waals surface area (Å²) in [5, 5.41) is 8.90. The Morgan fingerprint density at radius 3 is 2.35 bits per heavy atom. The Hall–Kier alpha value is -1.37. The molecule has 1 atom stereocenters. The number of aliphatic hydroxyl groups is 1. The molecule has 0 spiro atoms. The third-order valence-electron chi connectivity index (χ3n) is 1.94. The number of hydrogen-bond acceptors (Lipinski definition) is 2. The molecule has 1 N–H and O–H groups in total. The summed E-state index contributed by atoms with van der Waals surface area (Å²) in [5.41, 5.74) is -0.806. The lowest BCUT2D eigenvalue weighted by molar-refractivity contribution is -0.206. The van der Waals surface area contributed by atoms with E-state index >= 15 is 0 Å². The standard InChI is InChI=1S/C10H9F5O2/c1-2-17-7-4-5(3-6(11)8(7)12)9(16)10(13,14)15/h3-4,9,16H,2H2,1H3. The fraction of sp³-hybridized carbons (Fsp3) is 0.400. The van der Waals surface area contributed by atoms with E-state index in [-0.39, 0.29) is 12.7 Å². The van der Waals surface area contributed by atoms with Crippen LogP contribution in [0.3, 0.4) is 0 Å². The topological polar surface area (TPSA) is 29.5 Å². The van der Waals surface area contributed by atoms with Crippen molar-refractivity contribution >= 4 is 0 Å². The first-order valence-corrected chi connectivity index (χ1v) is 4.64. The van der Waals surface area contributed by atoms with Crippen LogP contribution >= 0.6 is 0 Å². The van der Waals surface area contributed by atoms with Crippen molar-refractivity contribution in [3.63, 3.8) is 0 Å². The molecule has 0 aromatic heterocycles. The lowest BCUT2D eigenvalue weighted by Crippen LogP contribution is -2.20. The van der Waals surface area contributed by atoms with Gasteiger partial charge >= 0.3 is 6.18 Å². The minimum absolute atomic E-state index is 0.0398. The predicted molar refractivity (Wildman–Crippen MR) is 48.5 cm³/mol. The molecule has 96 valence electrons. The Labute approximate surface area is 93.6 Å². The van der Waals surface area contributed by atoms with Crippen LogP contribution in [0.4, 0.5) is 22.0 Å². The molecule has 0 heterocycles. The highest BCUT2D eigenvalue weighted by atomic mass is 19.4. The van der Waals surface area contributed by atoms with Crippen LogP contribution in [0.2, 0.25) is 0 Å². The van der Waals surface area contributed by atoms with E-state index in [0.29, 0.717) is 6.07 Å².